The number of nitrogens with two attached hydrogens (primary N) is 1. The van der Waals surface area contributed by atoms with E-state index in [-0.39, 0.29) is 12.4 Å². The molecular formula is C6H14ClN. The van der Waals surface area contributed by atoms with Crippen LogP contribution in [0.15, 0.2) is 0 Å². The molecule has 0 aliphatic heterocycles. The molecule has 0 aromatic heterocycles. The number of hydrogen-bond acceptors (Lipinski definition) is 1. The molecule has 0 aromatic carbocycles. The van der Waals surface area contributed by atoms with E-state index in [1.807, 2.05) is 0 Å². The van der Waals surface area contributed by atoms with Crippen molar-refractivity contribution in [1.82, 2.24) is 0 Å². The molecule has 0 saturated heterocycles. The van der Waals surface area contributed by atoms with Crippen LogP contribution >= 0.6 is 12.4 Å². The summed E-state index contributed by atoms with van der Waals surface area (Å²) in [6.45, 7) is 5.42. The second-order valence-corrected chi connectivity index (χ2v) is 3.13. The van der Waals surface area contributed by atoms with Crippen molar-refractivity contribution in [3.8, 4) is 0 Å². The molecule has 1 rings (SSSR count). The van der Waals surface area contributed by atoms with E-state index in [0.29, 0.717) is 5.41 Å². The second-order valence-electron chi connectivity index (χ2n) is 3.13. The van der Waals surface area contributed by atoms with Crippen molar-refractivity contribution < 1.29 is 0 Å². The van der Waals surface area contributed by atoms with Crippen LogP contribution < -0.4 is 5.73 Å². The Morgan fingerprint density at radius 2 is 2.00 bits per heavy atom. The van der Waals surface area contributed by atoms with Gasteiger partial charge >= 0.3 is 0 Å². The highest BCUT2D eigenvalue weighted by Crippen LogP contribution is 2.50. The zero-order valence-electron chi connectivity index (χ0n) is 5.48. The Balaban J connectivity index is 0.000000490. The first-order chi connectivity index (χ1) is 3.17. The van der Waals surface area contributed by atoms with Gasteiger partial charge in [-0.25, -0.2) is 0 Å². The van der Waals surface area contributed by atoms with Gasteiger partial charge in [-0.2, -0.15) is 0 Å². The average Bonchev–Trinajstić information content (AvgIpc) is 2.13. The maximum absolute atomic E-state index is 5.41. The van der Waals surface area contributed by atoms with Crippen molar-refractivity contribution in [2.24, 2.45) is 17.1 Å². The monoisotopic (exact) mass is 135 g/mol. The maximum atomic E-state index is 5.41. The molecule has 8 heavy (non-hydrogen) atoms. The van der Waals surface area contributed by atoms with Crippen LogP contribution in [0.3, 0.4) is 0 Å². The summed E-state index contributed by atoms with van der Waals surface area (Å²) in [6, 6.07) is 0. The molecule has 2 N–H and O–H groups in total. The molecule has 0 spiro atoms. The van der Waals surface area contributed by atoms with Crippen molar-refractivity contribution in [3.05, 3.63) is 0 Å². The van der Waals surface area contributed by atoms with Crippen molar-refractivity contribution in [1.29, 1.82) is 0 Å². The molecule has 1 fully saturated rings. The van der Waals surface area contributed by atoms with Gasteiger partial charge in [-0.1, -0.05) is 13.8 Å². The van der Waals surface area contributed by atoms with E-state index in [1.165, 1.54) is 6.42 Å². The molecule has 1 nitrogen and oxygen atoms in total. The van der Waals surface area contributed by atoms with Crippen LogP contribution in [0.2, 0.25) is 0 Å². The molecule has 2 heteroatoms. The number of halogens is 1. The van der Waals surface area contributed by atoms with Gasteiger partial charge in [0, 0.05) is 0 Å². The molecule has 1 unspecified atom stereocenters. The molecule has 0 aromatic rings. The fourth-order valence-electron chi connectivity index (χ4n) is 0.979. The van der Waals surface area contributed by atoms with Gasteiger partial charge in [0.25, 0.3) is 0 Å². The van der Waals surface area contributed by atoms with Crippen LogP contribution in [-0.2, 0) is 0 Å². The van der Waals surface area contributed by atoms with Crippen LogP contribution in [0, 0.1) is 11.3 Å². The van der Waals surface area contributed by atoms with E-state index >= 15 is 0 Å². The van der Waals surface area contributed by atoms with E-state index in [9.17, 15) is 0 Å². The Kier molecular flexibility index (Phi) is 2.31. The van der Waals surface area contributed by atoms with Crippen LogP contribution in [0.4, 0.5) is 0 Å². The topological polar surface area (TPSA) is 26.0 Å². The lowest BCUT2D eigenvalue weighted by Crippen LogP contribution is -2.04. The van der Waals surface area contributed by atoms with Gasteiger partial charge in [0.05, 0.1) is 0 Å². The van der Waals surface area contributed by atoms with Crippen molar-refractivity contribution in [3.63, 3.8) is 0 Å². The van der Waals surface area contributed by atoms with Crippen molar-refractivity contribution in [2.45, 2.75) is 20.3 Å². The normalized spacial score (nSPS) is 31.1. The molecule has 0 radical (unpaired) electrons. The zero-order chi connectivity index (χ0) is 5.49. The predicted octanol–water partition coefficient (Wildman–Crippen LogP) is 1.41. The third-order valence-corrected chi connectivity index (χ3v) is 2.00. The molecule has 1 aliphatic rings. The summed E-state index contributed by atoms with van der Waals surface area (Å²) in [7, 11) is 0. The lowest BCUT2D eigenvalue weighted by molar-refractivity contribution is 0.565. The van der Waals surface area contributed by atoms with Crippen molar-refractivity contribution in [2.75, 3.05) is 6.54 Å². The first-order valence-electron chi connectivity index (χ1n) is 2.87. The van der Waals surface area contributed by atoms with Crippen LogP contribution in [0.1, 0.15) is 20.3 Å². The van der Waals surface area contributed by atoms with Gasteiger partial charge in [0.1, 0.15) is 0 Å². The molecule has 1 saturated carbocycles. The fraction of sp³-hybridized carbons (Fsp3) is 1.00. The van der Waals surface area contributed by atoms with Gasteiger partial charge in [0.2, 0.25) is 0 Å². The van der Waals surface area contributed by atoms with Crippen LogP contribution in [0.25, 0.3) is 0 Å². The Morgan fingerprint density at radius 1 is 1.62 bits per heavy atom. The molecule has 1 aliphatic carbocycles. The van der Waals surface area contributed by atoms with E-state index in [0.717, 1.165) is 12.5 Å². The molecule has 0 bridgehead atoms. The number of rotatable bonds is 1. The van der Waals surface area contributed by atoms with E-state index in [1.54, 1.807) is 0 Å². The van der Waals surface area contributed by atoms with Gasteiger partial charge in [0.15, 0.2) is 0 Å². The standard InChI is InChI=1S/C6H13N.ClH/c1-6(2)3-5(6)4-7;/h5H,3-4,7H2,1-2H3;1H. The Hall–Kier alpha value is 0.250. The van der Waals surface area contributed by atoms with Crippen LogP contribution in [0.5, 0.6) is 0 Å². The summed E-state index contributed by atoms with van der Waals surface area (Å²) in [5.74, 6) is 0.826. The second kappa shape index (κ2) is 2.24. The molecule has 50 valence electrons. The molecule has 1 atom stereocenters. The van der Waals surface area contributed by atoms with Gasteiger partial charge < -0.3 is 5.73 Å². The highest BCUT2D eigenvalue weighted by Gasteiger charge is 2.43. The Bertz CT molecular complexity index is 80.6. The SMILES string of the molecule is CC1(C)CC1CN.Cl. The number of hydrogen-bond donors (Lipinski definition) is 1. The summed E-state index contributed by atoms with van der Waals surface area (Å²) in [5, 5.41) is 0. The molecular weight excluding hydrogens is 122 g/mol. The largest absolute Gasteiger partial charge is 0.330 e. The smallest absolute Gasteiger partial charge is 0.00436 e. The van der Waals surface area contributed by atoms with Gasteiger partial charge in [-0.05, 0) is 24.3 Å². The zero-order valence-corrected chi connectivity index (χ0v) is 6.29. The summed E-state index contributed by atoms with van der Waals surface area (Å²) < 4.78 is 0. The third-order valence-electron chi connectivity index (χ3n) is 2.00. The highest BCUT2D eigenvalue weighted by molar-refractivity contribution is 5.85. The average molecular weight is 136 g/mol. The summed E-state index contributed by atoms with van der Waals surface area (Å²) in [5.41, 5.74) is 6.00. The molecule has 0 amide bonds. The van der Waals surface area contributed by atoms with E-state index in [2.05, 4.69) is 13.8 Å². The third kappa shape index (κ3) is 1.36. The van der Waals surface area contributed by atoms with Gasteiger partial charge in [-0.15, -0.1) is 12.4 Å². The minimum atomic E-state index is 0. The Labute approximate surface area is 57.1 Å². The summed E-state index contributed by atoms with van der Waals surface area (Å²) in [6.07, 6.45) is 1.34. The maximum Gasteiger partial charge on any atom is -0.00436 e. The first kappa shape index (κ1) is 8.25. The quantitative estimate of drug-likeness (QED) is 0.578. The lowest BCUT2D eigenvalue weighted by Gasteiger charge is -1.95. The van der Waals surface area contributed by atoms with E-state index < -0.39 is 0 Å². The van der Waals surface area contributed by atoms with E-state index in [4.69, 9.17) is 5.73 Å². The summed E-state index contributed by atoms with van der Waals surface area (Å²) in [4.78, 5) is 0. The Morgan fingerprint density at radius 3 is 2.00 bits per heavy atom. The predicted molar refractivity (Wildman–Crippen MR) is 38.2 cm³/mol. The van der Waals surface area contributed by atoms with Crippen LogP contribution in [-0.4, -0.2) is 6.54 Å². The lowest BCUT2D eigenvalue weighted by atomic mass is 10.1. The van der Waals surface area contributed by atoms with Crippen molar-refractivity contribution >= 4 is 12.4 Å². The minimum Gasteiger partial charge on any atom is -0.330 e. The minimum absolute atomic E-state index is 0. The fourth-order valence-corrected chi connectivity index (χ4v) is 0.979. The highest BCUT2D eigenvalue weighted by atomic mass is 35.5. The van der Waals surface area contributed by atoms with Gasteiger partial charge in [-0.3, -0.25) is 0 Å². The first-order valence-corrected chi connectivity index (χ1v) is 2.87. The summed E-state index contributed by atoms with van der Waals surface area (Å²) >= 11 is 0. The molecule has 0 heterocycles.